The fraction of sp³-hybridized carbons (Fsp3) is 0.286. The number of hydrogen-bond acceptors (Lipinski definition) is 2. The molecule has 0 atom stereocenters. The number of aromatic nitrogens is 1. The van der Waals surface area contributed by atoms with E-state index in [1.807, 2.05) is 0 Å². The van der Waals surface area contributed by atoms with Crippen LogP contribution in [0.2, 0.25) is 0 Å². The summed E-state index contributed by atoms with van der Waals surface area (Å²) < 4.78 is 8.28. The maximum absolute atomic E-state index is 11.0. The Morgan fingerprint density at radius 3 is 2.91 bits per heavy atom. The Labute approximate surface area is 109 Å². The molecule has 0 amide bonds. The molecule has 0 saturated heterocycles. The first-order valence-electron chi connectivity index (χ1n) is 3.32. The third-order valence-electron chi connectivity index (χ3n) is 1.32. The molecule has 1 heterocycles. The zero-order valence-electron chi connectivity index (χ0n) is 7.80. The minimum Gasteiger partial charge on any atom is -0.565 e. The Balaban J connectivity index is 0.00000121. The van der Waals surface area contributed by atoms with E-state index in [0.717, 1.165) is 4.57 Å². The Bertz CT molecular complexity index is 348. The van der Waals surface area contributed by atoms with Crippen LogP contribution in [0, 0.1) is 13.1 Å². The fourth-order valence-electron chi connectivity index (χ4n) is 0.634. The van der Waals surface area contributed by atoms with E-state index in [-0.39, 0.29) is 74.3 Å². The molecule has 1 N–H and O–H groups in total. The first-order valence-corrected chi connectivity index (χ1v) is 2.82. The fourth-order valence-corrected chi connectivity index (χ4v) is 0.634. The van der Waals surface area contributed by atoms with E-state index < -0.39 is 0 Å². The van der Waals surface area contributed by atoms with Gasteiger partial charge in [-0.2, -0.15) is 0 Å². The number of pyridine rings is 1. The summed E-state index contributed by atoms with van der Waals surface area (Å²) in [6.07, 6.45) is 2.37. The van der Waals surface area contributed by atoms with Crippen LogP contribution in [-0.2, 0) is 7.05 Å². The van der Waals surface area contributed by atoms with Gasteiger partial charge in [-0.15, -0.1) is 6.04 Å². The topological polar surface area (TPSA) is 42.2 Å². The van der Waals surface area contributed by atoms with Crippen LogP contribution in [0.15, 0.2) is 10.8 Å². The summed E-state index contributed by atoms with van der Waals surface area (Å²) in [5.41, 5.74) is -0.130. The van der Waals surface area contributed by atoms with E-state index in [4.69, 9.17) is 6.48 Å². The smallest absolute Gasteiger partial charge is 0.565 e. The summed E-state index contributed by atoms with van der Waals surface area (Å²) in [4.78, 5) is 11.0. The van der Waals surface area contributed by atoms with Crippen molar-refractivity contribution in [3.8, 4) is 5.75 Å². The van der Waals surface area contributed by atoms with Gasteiger partial charge >= 0.3 is 51.4 Å². The molecule has 11 heavy (non-hydrogen) atoms. The van der Waals surface area contributed by atoms with Crippen LogP contribution in [0.5, 0.6) is 5.75 Å². The molecule has 0 aliphatic carbocycles. The van der Waals surface area contributed by atoms with Crippen LogP contribution < -0.4 is 56.9 Å². The number of nitrogens with zero attached hydrogens (tertiary/aromatic N) is 1. The van der Waals surface area contributed by atoms with Gasteiger partial charge in [0.1, 0.15) is 5.56 Å². The van der Waals surface area contributed by atoms with Crippen LogP contribution in [0.4, 0.5) is 0 Å². The normalized spacial score (nSPS) is 10.2. The van der Waals surface area contributed by atoms with Crippen molar-refractivity contribution in [3.63, 3.8) is 0 Å². The summed E-state index contributed by atoms with van der Waals surface area (Å²) in [6, 6.07) is -0.149. The molecule has 0 aromatic carbocycles. The van der Waals surface area contributed by atoms with Crippen LogP contribution >= 0.6 is 0 Å². The van der Waals surface area contributed by atoms with E-state index in [0.29, 0.717) is 0 Å². The predicted molar refractivity (Wildman–Crippen MR) is 36.9 cm³/mol. The van der Waals surface area contributed by atoms with Gasteiger partial charge in [-0.1, -0.05) is 18.7 Å². The third-order valence-corrected chi connectivity index (χ3v) is 1.32. The average Bonchev–Trinajstić information content (AvgIpc) is 1.97. The molecule has 1 aromatic rings. The minimum absolute atomic E-state index is 0. The quantitative estimate of drug-likeness (QED) is 0.345. The number of rotatable bonds is 0. The first kappa shape index (κ1) is 9.47. The summed E-state index contributed by atoms with van der Waals surface area (Å²) in [5.74, 6) is -0.284. The molecule has 1 rings (SSSR count). The van der Waals surface area contributed by atoms with E-state index in [9.17, 15) is 4.79 Å². The maximum Gasteiger partial charge on any atom is 1.00 e. The predicted octanol–water partition coefficient (Wildman–Crippen LogP) is -2.80. The molecular weight excluding hydrogens is 169 g/mol. The molecule has 0 bridgehead atoms. The van der Waals surface area contributed by atoms with Crippen molar-refractivity contribution in [2.75, 3.05) is 0 Å². The largest absolute Gasteiger partial charge is 1.00 e. The van der Waals surface area contributed by atoms with Gasteiger partial charge in [-0.3, -0.25) is 0 Å². The van der Waals surface area contributed by atoms with E-state index in [1.54, 1.807) is 0 Å². The Morgan fingerprint density at radius 2 is 2.36 bits per heavy atom. The van der Waals surface area contributed by atoms with Gasteiger partial charge in [-0.25, -0.2) is 0 Å². The van der Waals surface area contributed by atoms with Crippen molar-refractivity contribution in [2.45, 2.75) is 6.92 Å². The summed E-state index contributed by atoms with van der Waals surface area (Å²) in [5, 5.41) is 9.08. The summed E-state index contributed by atoms with van der Waals surface area (Å²) >= 11 is 0. The number of aryl methyl sites for hydroxylation is 1. The molecule has 0 radical (unpaired) electrons. The second kappa shape index (κ2) is 4.42. The van der Waals surface area contributed by atoms with Crippen LogP contribution in [-0.4, -0.2) is 9.67 Å². The third kappa shape index (κ3) is 2.42. The van der Waals surface area contributed by atoms with Crippen molar-refractivity contribution >= 4 is 0 Å². The standard InChI is InChI=1S/C7H8NO2.K/c1-5-6(9)3-4-8(2)7(5)10;/h3,9H,1-2H3;/q-1;+1/i3T;. The molecular formula is C7H8KNO2. The Kier molecular flexibility index (Phi) is 3.81. The van der Waals surface area contributed by atoms with E-state index in [2.05, 4.69) is 6.20 Å². The molecule has 54 valence electrons. The minimum atomic E-state index is -0.321. The molecule has 3 nitrogen and oxygen atoms in total. The van der Waals surface area contributed by atoms with Crippen molar-refractivity contribution in [1.82, 2.24) is 4.57 Å². The average molecular weight is 179 g/mol. The molecule has 0 aliphatic rings. The maximum atomic E-state index is 11.0. The molecule has 4 heteroatoms. The Morgan fingerprint density at radius 1 is 1.82 bits per heavy atom. The summed E-state index contributed by atoms with van der Waals surface area (Å²) in [7, 11) is 1.49. The van der Waals surface area contributed by atoms with Crippen molar-refractivity contribution in [2.24, 2.45) is 7.05 Å². The summed E-state index contributed by atoms with van der Waals surface area (Å²) in [6.45, 7) is 1.48. The van der Waals surface area contributed by atoms with Crippen molar-refractivity contribution < 1.29 is 57.9 Å². The molecule has 0 saturated carbocycles. The Hall–Kier alpha value is 0.386. The van der Waals surface area contributed by atoms with Gasteiger partial charge in [0.05, 0.1) is 0 Å². The van der Waals surface area contributed by atoms with Gasteiger partial charge < -0.3 is 14.5 Å². The van der Waals surface area contributed by atoms with Gasteiger partial charge in [0.2, 0.25) is 0 Å². The molecule has 1 aromatic heterocycles. The van der Waals surface area contributed by atoms with Gasteiger partial charge in [0.15, 0.2) is 0 Å². The number of hydrogen-bond donors (Lipinski definition) is 1. The van der Waals surface area contributed by atoms with Gasteiger partial charge in [0.25, 0.3) is 0 Å². The molecule has 0 aliphatic heterocycles. The molecule has 0 unspecified atom stereocenters. The zero-order valence-corrected chi connectivity index (χ0v) is 9.93. The first-order chi connectivity index (χ1) is 5.04. The van der Waals surface area contributed by atoms with Crippen LogP contribution in [0.1, 0.15) is 6.93 Å². The van der Waals surface area contributed by atoms with E-state index >= 15 is 0 Å². The molecule has 0 spiro atoms. The SMILES string of the molecule is [3H]c1[c-]n(C)c(=O)c(C)c1O.[K+]. The van der Waals surface area contributed by atoms with Crippen LogP contribution in [0.3, 0.4) is 0 Å². The second-order valence-electron chi connectivity index (χ2n) is 2.07. The number of aromatic hydroxyl groups is 1. The zero-order chi connectivity index (χ0) is 8.59. The second-order valence-corrected chi connectivity index (χ2v) is 2.07. The monoisotopic (exact) mass is 179 g/mol. The van der Waals surface area contributed by atoms with Crippen molar-refractivity contribution in [1.29, 1.82) is 0 Å². The van der Waals surface area contributed by atoms with Gasteiger partial charge in [0, 0.05) is 7.12 Å². The van der Waals surface area contributed by atoms with E-state index in [1.165, 1.54) is 14.0 Å². The van der Waals surface area contributed by atoms with Gasteiger partial charge in [-0.05, 0) is 7.05 Å². The van der Waals surface area contributed by atoms with Crippen molar-refractivity contribution in [3.05, 3.63) is 28.2 Å². The van der Waals surface area contributed by atoms with Crippen LogP contribution in [0.25, 0.3) is 0 Å². The molecule has 0 fully saturated rings.